The molecule has 2 amide bonds. The Hall–Kier alpha value is -2.48. The molecule has 126 valence electrons. The summed E-state index contributed by atoms with van der Waals surface area (Å²) in [5.41, 5.74) is 0.685. The molecule has 2 aliphatic heterocycles. The molecule has 0 spiro atoms. The normalized spacial score (nSPS) is 21.2. The van der Waals surface area contributed by atoms with E-state index in [0.29, 0.717) is 11.1 Å². The molecular weight excluding hydrogens is 334 g/mol. The molecule has 0 bridgehead atoms. The highest BCUT2D eigenvalue weighted by atomic mass is 32.2. The van der Waals surface area contributed by atoms with Crippen molar-refractivity contribution in [2.45, 2.75) is 6.42 Å². The number of sulfone groups is 1. The van der Waals surface area contributed by atoms with Gasteiger partial charge in [-0.1, -0.05) is 18.2 Å². The van der Waals surface area contributed by atoms with Gasteiger partial charge < -0.3 is 4.74 Å². The van der Waals surface area contributed by atoms with Crippen molar-refractivity contribution >= 4 is 27.6 Å². The number of esters is 1. The van der Waals surface area contributed by atoms with E-state index in [9.17, 15) is 22.8 Å². The average Bonchev–Trinajstić information content (AvgIpc) is 2.99. The van der Waals surface area contributed by atoms with Crippen molar-refractivity contribution < 1.29 is 27.5 Å². The van der Waals surface area contributed by atoms with Crippen LogP contribution in [0.15, 0.2) is 35.7 Å². The zero-order valence-electron chi connectivity index (χ0n) is 12.7. The molecule has 0 aromatic heterocycles. The summed E-state index contributed by atoms with van der Waals surface area (Å²) in [5, 5.41) is 1.10. The Morgan fingerprint density at radius 2 is 1.79 bits per heavy atom. The smallest absolute Gasteiger partial charge is 0.306 e. The van der Waals surface area contributed by atoms with Gasteiger partial charge in [-0.05, 0) is 12.1 Å². The Morgan fingerprint density at radius 1 is 1.17 bits per heavy atom. The van der Waals surface area contributed by atoms with Gasteiger partial charge in [-0.25, -0.2) is 8.42 Å². The summed E-state index contributed by atoms with van der Waals surface area (Å²) < 4.78 is 27.6. The second kappa shape index (κ2) is 6.20. The van der Waals surface area contributed by atoms with Crippen LogP contribution in [0.5, 0.6) is 0 Å². The number of benzene rings is 1. The van der Waals surface area contributed by atoms with Crippen molar-refractivity contribution in [3.8, 4) is 0 Å². The van der Waals surface area contributed by atoms with Crippen LogP contribution in [-0.2, 0) is 19.4 Å². The Bertz CT molecular complexity index is 807. The lowest BCUT2D eigenvalue weighted by Gasteiger charge is -2.14. The van der Waals surface area contributed by atoms with E-state index in [4.69, 9.17) is 4.74 Å². The molecule has 3 rings (SSSR count). The molecule has 8 heteroatoms. The first kappa shape index (κ1) is 16.4. The Balaban J connectivity index is 1.49. The van der Waals surface area contributed by atoms with Crippen LogP contribution in [0, 0.1) is 5.92 Å². The molecule has 0 radical (unpaired) electrons. The maximum Gasteiger partial charge on any atom is 0.306 e. The number of imide groups is 1. The Morgan fingerprint density at radius 3 is 2.33 bits per heavy atom. The van der Waals surface area contributed by atoms with Gasteiger partial charge in [0, 0.05) is 11.3 Å². The van der Waals surface area contributed by atoms with Crippen molar-refractivity contribution in [3.05, 3.63) is 46.9 Å². The minimum atomic E-state index is -3.21. The minimum Gasteiger partial charge on any atom is -0.464 e. The first-order valence-electron chi connectivity index (χ1n) is 7.39. The van der Waals surface area contributed by atoms with E-state index in [0.717, 1.165) is 10.3 Å². The van der Waals surface area contributed by atoms with Crippen molar-refractivity contribution in [3.63, 3.8) is 0 Å². The van der Waals surface area contributed by atoms with Crippen LogP contribution in [0.25, 0.3) is 0 Å². The van der Waals surface area contributed by atoms with Crippen LogP contribution in [0.3, 0.4) is 0 Å². The molecule has 0 fully saturated rings. The number of carbonyl (C=O) groups is 3. The molecule has 1 aromatic rings. The quantitative estimate of drug-likeness (QED) is 0.575. The van der Waals surface area contributed by atoms with E-state index in [1.54, 1.807) is 24.3 Å². The van der Waals surface area contributed by atoms with Gasteiger partial charge >= 0.3 is 5.97 Å². The van der Waals surface area contributed by atoms with Gasteiger partial charge in [0.25, 0.3) is 11.8 Å². The lowest BCUT2D eigenvalue weighted by molar-refractivity contribution is -0.144. The zero-order chi connectivity index (χ0) is 17.3. The number of amides is 2. The highest BCUT2D eigenvalue weighted by Crippen LogP contribution is 2.22. The number of fused-ring (bicyclic) bond motifs is 1. The van der Waals surface area contributed by atoms with E-state index in [2.05, 4.69) is 0 Å². The van der Waals surface area contributed by atoms with Gasteiger partial charge in [-0.15, -0.1) is 0 Å². The lowest BCUT2D eigenvalue weighted by atomic mass is 10.1. The van der Waals surface area contributed by atoms with Gasteiger partial charge in [-0.3, -0.25) is 19.3 Å². The van der Waals surface area contributed by atoms with Crippen LogP contribution in [0.4, 0.5) is 0 Å². The topological polar surface area (TPSA) is 97.8 Å². The first-order chi connectivity index (χ1) is 11.4. The molecule has 7 nitrogen and oxygen atoms in total. The highest BCUT2D eigenvalue weighted by molar-refractivity contribution is 7.94. The summed E-state index contributed by atoms with van der Waals surface area (Å²) in [6.07, 6.45) is 1.43. The summed E-state index contributed by atoms with van der Waals surface area (Å²) in [7, 11) is -3.21. The van der Waals surface area contributed by atoms with E-state index in [-0.39, 0.29) is 31.2 Å². The molecule has 2 aliphatic rings. The molecule has 1 aromatic carbocycles. The molecule has 0 saturated heterocycles. The monoisotopic (exact) mass is 349 g/mol. The van der Waals surface area contributed by atoms with Crippen LogP contribution in [0.1, 0.15) is 27.1 Å². The van der Waals surface area contributed by atoms with Gasteiger partial charge in [-0.2, -0.15) is 0 Å². The molecule has 0 unspecified atom stereocenters. The predicted molar refractivity (Wildman–Crippen MR) is 83.8 cm³/mol. The van der Waals surface area contributed by atoms with Crippen molar-refractivity contribution in [1.29, 1.82) is 0 Å². The van der Waals surface area contributed by atoms with Crippen LogP contribution in [0.2, 0.25) is 0 Å². The minimum absolute atomic E-state index is 0.0309. The molecule has 2 heterocycles. The molecule has 24 heavy (non-hydrogen) atoms. The third-order valence-electron chi connectivity index (χ3n) is 3.89. The summed E-state index contributed by atoms with van der Waals surface area (Å²) >= 11 is 0. The van der Waals surface area contributed by atoms with Crippen molar-refractivity contribution in [2.24, 2.45) is 5.92 Å². The van der Waals surface area contributed by atoms with Crippen molar-refractivity contribution in [1.82, 2.24) is 4.90 Å². The number of allylic oxidation sites excluding steroid dienone is 1. The second-order valence-corrected chi connectivity index (χ2v) is 7.58. The fourth-order valence-electron chi connectivity index (χ4n) is 2.73. The number of hydrogen-bond donors (Lipinski definition) is 0. The van der Waals surface area contributed by atoms with Crippen LogP contribution < -0.4 is 0 Å². The molecule has 0 N–H and O–H groups in total. The number of nitrogens with zero attached hydrogens (tertiary/aromatic N) is 1. The van der Waals surface area contributed by atoms with E-state index < -0.39 is 27.6 Å². The summed E-state index contributed by atoms with van der Waals surface area (Å²) in [5.74, 6) is -1.85. The average molecular weight is 349 g/mol. The van der Waals surface area contributed by atoms with Crippen LogP contribution >= 0.6 is 0 Å². The lowest BCUT2D eigenvalue weighted by Crippen LogP contribution is -2.33. The van der Waals surface area contributed by atoms with Crippen LogP contribution in [-0.4, -0.2) is 50.0 Å². The van der Waals surface area contributed by atoms with Gasteiger partial charge in [0.05, 0.1) is 29.8 Å². The maximum atomic E-state index is 12.1. The largest absolute Gasteiger partial charge is 0.464 e. The second-order valence-electron chi connectivity index (χ2n) is 5.65. The summed E-state index contributed by atoms with van der Waals surface area (Å²) in [6, 6.07) is 6.51. The van der Waals surface area contributed by atoms with E-state index in [1.165, 1.54) is 6.08 Å². The highest BCUT2D eigenvalue weighted by Gasteiger charge is 2.35. The van der Waals surface area contributed by atoms with E-state index >= 15 is 0 Å². The molecule has 0 aliphatic carbocycles. The van der Waals surface area contributed by atoms with Gasteiger partial charge in [0.1, 0.15) is 6.61 Å². The summed E-state index contributed by atoms with van der Waals surface area (Å²) in [6.45, 7) is -0.148. The first-order valence-corrected chi connectivity index (χ1v) is 9.11. The number of ether oxygens (including phenoxy) is 1. The Labute approximate surface area is 138 Å². The maximum absolute atomic E-state index is 12.1. The standard InChI is InChI=1S/C16H15NO6S/c18-14(9-11-5-8-24(21,22)10-11)23-7-6-17-15(19)12-3-1-2-4-13(12)16(17)20/h1-5,8,11H,6-7,9-10H2/t11-/m0/s1. The Kier molecular flexibility index (Phi) is 4.23. The fraction of sp³-hybridized carbons (Fsp3) is 0.312. The zero-order valence-corrected chi connectivity index (χ0v) is 13.5. The number of hydrogen-bond acceptors (Lipinski definition) is 6. The molecular formula is C16H15NO6S. The number of rotatable bonds is 5. The molecule has 1 atom stereocenters. The third kappa shape index (κ3) is 3.23. The van der Waals surface area contributed by atoms with Gasteiger partial charge in [0.15, 0.2) is 9.84 Å². The van der Waals surface area contributed by atoms with Crippen molar-refractivity contribution in [2.75, 3.05) is 18.9 Å². The SMILES string of the molecule is O=C(C[C@@H]1C=CS(=O)(=O)C1)OCCN1C(=O)c2ccccc2C1=O. The predicted octanol–water partition coefficient (Wildman–Crippen LogP) is 0.774. The van der Waals surface area contributed by atoms with Gasteiger partial charge in [0.2, 0.25) is 0 Å². The molecule has 0 saturated carbocycles. The van der Waals surface area contributed by atoms with E-state index in [1.807, 2.05) is 0 Å². The third-order valence-corrected chi connectivity index (χ3v) is 5.35. The number of carbonyl (C=O) groups excluding carboxylic acids is 3. The summed E-state index contributed by atoms with van der Waals surface area (Å²) in [4.78, 5) is 37.0. The fourth-order valence-corrected chi connectivity index (χ4v) is 4.13.